The zero-order valence-electron chi connectivity index (χ0n) is 11.4. The first-order valence-corrected chi connectivity index (χ1v) is 7.93. The van der Waals surface area contributed by atoms with Crippen LogP contribution in [0.5, 0.6) is 0 Å². The summed E-state index contributed by atoms with van der Waals surface area (Å²) in [5.41, 5.74) is 8.97. The molecular weight excluding hydrogens is 350 g/mol. The Hall–Kier alpha value is -1.36. The quantitative estimate of drug-likeness (QED) is 0.760. The molecule has 2 N–H and O–H groups in total. The minimum absolute atomic E-state index is 0.632. The van der Waals surface area contributed by atoms with Crippen molar-refractivity contribution in [2.24, 2.45) is 5.73 Å². The summed E-state index contributed by atoms with van der Waals surface area (Å²) in [5.74, 6) is 0. The molecule has 5 heteroatoms. The maximum Gasteiger partial charge on any atom is 0.140 e. The highest BCUT2D eigenvalue weighted by molar-refractivity contribution is 9.10. The lowest BCUT2D eigenvalue weighted by Gasteiger charge is -2.07. The third kappa shape index (κ3) is 2.98. The number of rotatable bonds is 4. The Bertz CT molecular complexity index is 782. The van der Waals surface area contributed by atoms with E-state index in [1.54, 1.807) is 0 Å². The summed E-state index contributed by atoms with van der Waals surface area (Å²) >= 11 is 9.74. The molecule has 108 valence electrons. The molecule has 0 unspecified atom stereocenters. The van der Waals surface area contributed by atoms with Crippen molar-refractivity contribution < 1.29 is 0 Å². The molecule has 2 aromatic heterocycles. The molecule has 0 spiro atoms. The van der Waals surface area contributed by atoms with Gasteiger partial charge in [-0.15, -0.1) is 0 Å². The largest absolute Gasteiger partial charge is 0.330 e. The number of pyridine rings is 1. The fourth-order valence-electron chi connectivity index (χ4n) is 2.50. The van der Waals surface area contributed by atoms with Crippen LogP contribution in [0.2, 0.25) is 5.02 Å². The summed E-state index contributed by atoms with van der Waals surface area (Å²) in [6.07, 6.45) is 4.79. The lowest BCUT2D eigenvalue weighted by molar-refractivity contribution is 0.817. The highest BCUT2D eigenvalue weighted by Crippen LogP contribution is 2.25. The van der Waals surface area contributed by atoms with Crippen LogP contribution in [0.4, 0.5) is 0 Å². The second-order valence-electron chi connectivity index (χ2n) is 4.93. The highest BCUT2D eigenvalue weighted by Gasteiger charge is 2.10. The predicted molar refractivity (Wildman–Crippen MR) is 90.7 cm³/mol. The van der Waals surface area contributed by atoms with Crippen LogP contribution in [0.25, 0.3) is 11.0 Å². The molecular formula is C16H15BrClN3. The zero-order valence-corrected chi connectivity index (χ0v) is 13.7. The third-order valence-corrected chi connectivity index (χ3v) is 4.33. The molecule has 3 aromatic rings. The van der Waals surface area contributed by atoms with Crippen LogP contribution in [0.1, 0.15) is 11.1 Å². The van der Waals surface area contributed by atoms with E-state index in [2.05, 4.69) is 37.7 Å². The fraction of sp³-hybridized carbons (Fsp3) is 0.188. The topological polar surface area (TPSA) is 43.8 Å². The monoisotopic (exact) mass is 363 g/mol. The van der Waals surface area contributed by atoms with Crippen molar-refractivity contribution in [1.82, 2.24) is 9.55 Å². The molecule has 0 amide bonds. The molecule has 3 rings (SSSR count). The number of nitrogens with zero attached hydrogens (tertiary/aromatic N) is 2. The van der Waals surface area contributed by atoms with E-state index in [-0.39, 0.29) is 0 Å². The van der Waals surface area contributed by atoms with Crippen LogP contribution in [0.3, 0.4) is 0 Å². The predicted octanol–water partition coefficient (Wildman–Crippen LogP) is 4.00. The van der Waals surface area contributed by atoms with Gasteiger partial charge in [0, 0.05) is 27.3 Å². The van der Waals surface area contributed by atoms with E-state index in [1.807, 2.05) is 30.5 Å². The van der Waals surface area contributed by atoms with Crippen molar-refractivity contribution in [3.63, 3.8) is 0 Å². The Morgan fingerprint density at radius 3 is 2.86 bits per heavy atom. The minimum Gasteiger partial charge on any atom is -0.330 e. The summed E-state index contributed by atoms with van der Waals surface area (Å²) in [7, 11) is 0. The third-order valence-electron chi connectivity index (χ3n) is 3.49. The molecule has 3 nitrogen and oxygen atoms in total. The van der Waals surface area contributed by atoms with Crippen LogP contribution in [-0.2, 0) is 13.0 Å². The molecule has 1 aromatic carbocycles. The summed E-state index contributed by atoms with van der Waals surface area (Å²) in [4.78, 5) is 4.50. The van der Waals surface area contributed by atoms with Crippen molar-refractivity contribution in [2.45, 2.75) is 13.0 Å². The van der Waals surface area contributed by atoms with E-state index in [4.69, 9.17) is 17.3 Å². The second-order valence-corrected chi connectivity index (χ2v) is 6.25. The number of benzene rings is 1. The molecule has 0 aliphatic heterocycles. The molecule has 0 fully saturated rings. The Labute approximate surface area is 136 Å². The van der Waals surface area contributed by atoms with Crippen LogP contribution in [-0.4, -0.2) is 16.1 Å². The number of nitrogens with two attached hydrogens (primary N) is 1. The first-order chi connectivity index (χ1) is 10.2. The van der Waals surface area contributed by atoms with Gasteiger partial charge in [-0.05, 0) is 48.4 Å². The van der Waals surface area contributed by atoms with Crippen LogP contribution < -0.4 is 5.73 Å². The first kappa shape index (κ1) is 14.6. The van der Waals surface area contributed by atoms with Gasteiger partial charge in [-0.25, -0.2) is 4.98 Å². The van der Waals surface area contributed by atoms with Crippen LogP contribution >= 0.6 is 27.5 Å². The van der Waals surface area contributed by atoms with Crippen LogP contribution in [0.15, 0.2) is 47.2 Å². The zero-order chi connectivity index (χ0) is 14.8. The number of hydrogen-bond donors (Lipinski definition) is 1. The molecule has 0 saturated heterocycles. The maximum absolute atomic E-state index is 6.31. The van der Waals surface area contributed by atoms with Gasteiger partial charge >= 0.3 is 0 Å². The maximum atomic E-state index is 6.31. The summed E-state index contributed by atoms with van der Waals surface area (Å²) in [5, 5.41) is 1.92. The lowest BCUT2D eigenvalue weighted by atomic mass is 10.2. The van der Waals surface area contributed by atoms with Gasteiger partial charge in [-0.3, -0.25) is 0 Å². The van der Waals surface area contributed by atoms with Crippen molar-refractivity contribution >= 4 is 38.6 Å². The first-order valence-electron chi connectivity index (χ1n) is 6.76. The molecule has 0 bridgehead atoms. The Morgan fingerprint density at radius 2 is 2.10 bits per heavy atom. The van der Waals surface area contributed by atoms with E-state index in [9.17, 15) is 0 Å². The van der Waals surface area contributed by atoms with Gasteiger partial charge in [-0.2, -0.15) is 0 Å². The average molecular weight is 365 g/mol. The van der Waals surface area contributed by atoms with Gasteiger partial charge in [0.25, 0.3) is 0 Å². The highest BCUT2D eigenvalue weighted by atomic mass is 79.9. The standard InChI is InChI=1S/C16H15BrClN3/c17-13-4-3-12(15(18)8-13)10-21-9-11(5-6-19)14-2-1-7-20-16(14)21/h1-4,7-9H,5-6,10,19H2. The molecule has 2 heterocycles. The molecule has 0 radical (unpaired) electrons. The van der Waals surface area contributed by atoms with E-state index >= 15 is 0 Å². The van der Waals surface area contributed by atoms with Gasteiger partial charge in [0.15, 0.2) is 0 Å². The van der Waals surface area contributed by atoms with Crippen molar-refractivity contribution in [3.8, 4) is 0 Å². The van der Waals surface area contributed by atoms with Gasteiger partial charge in [-0.1, -0.05) is 33.6 Å². The molecule has 0 aliphatic carbocycles. The molecule has 0 aliphatic rings. The van der Waals surface area contributed by atoms with Crippen molar-refractivity contribution in [3.05, 3.63) is 63.3 Å². The van der Waals surface area contributed by atoms with E-state index in [0.29, 0.717) is 13.1 Å². The summed E-state index contributed by atoms with van der Waals surface area (Å²) in [6.45, 7) is 1.33. The van der Waals surface area contributed by atoms with Crippen molar-refractivity contribution in [1.29, 1.82) is 0 Å². The van der Waals surface area contributed by atoms with Crippen LogP contribution in [0, 0.1) is 0 Å². The minimum atomic E-state index is 0.632. The number of fused-ring (bicyclic) bond motifs is 1. The molecule has 0 atom stereocenters. The Morgan fingerprint density at radius 1 is 1.24 bits per heavy atom. The smallest absolute Gasteiger partial charge is 0.140 e. The number of aromatic nitrogens is 2. The summed E-state index contributed by atoms with van der Waals surface area (Å²) < 4.78 is 3.12. The normalized spacial score (nSPS) is 11.2. The van der Waals surface area contributed by atoms with Gasteiger partial charge in [0.1, 0.15) is 5.65 Å². The number of halogens is 2. The van der Waals surface area contributed by atoms with Crippen molar-refractivity contribution in [2.75, 3.05) is 6.54 Å². The van der Waals surface area contributed by atoms with E-state index < -0.39 is 0 Å². The van der Waals surface area contributed by atoms with E-state index in [1.165, 1.54) is 5.56 Å². The van der Waals surface area contributed by atoms with Gasteiger partial charge in [0.2, 0.25) is 0 Å². The second kappa shape index (κ2) is 6.18. The summed E-state index contributed by atoms with van der Waals surface area (Å²) in [6, 6.07) is 9.99. The Balaban J connectivity index is 2.04. The molecule has 21 heavy (non-hydrogen) atoms. The van der Waals surface area contributed by atoms with Gasteiger partial charge < -0.3 is 10.3 Å². The fourth-order valence-corrected chi connectivity index (χ4v) is 3.24. The lowest BCUT2D eigenvalue weighted by Crippen LogP contribution is -2.02. The van der Waals surface area contributed by atoms with Gasteiger partial charge in [0.05, 0.1) is 6.54 Å². The average Bonchev–Trinajstić information content (AvgIpc) is 2.81. The number of hydrogen-bond acceptors (Lipinski definition) is 2. The molecule has 0 saturated carbocycles. The van der Waals surface area contributed by atoms with E-state index in [0.717, 1.165) is 32.5 Å². The Kier molecular flexibility index (Phi) is 4.29. The SMILES string of the molecule is NCCc1cn(Cc2ccc(Br)cc2Cl)c2ncccc12.